The molecular formula is C28H33N5O5. The van der Waals surface area contributed by atoms with Crippen LogP contribution in [0.2, 0.25) is 0 Å². The molecule has 2 fully saturated rings. The van der Waals surface area contributed by atoms with Crippen molar-refractivity contribution in [1.82, 2.24) is 14.5 Å². The summed E-state index contributed by atoms with van der Waals surface area (Å²) in [4.78, 5) is 37.8. The highest BCUT2D eigenvalue weighted by atomic mass is 16.5. The largest absolute Gasteiger partial charge is 0.382 e. The van der Waals surface area contributed by atoms with Gasteiger partial charge in [0.1, 0.15) is 11.9 Å². The minimum atomic E-state index is -0.646. The molecule has 200 valence electrons. The molecule has 1 N–H and O–H groups in total. The highest BCUT2D eigenvalue weighted by Crippen LogP contribution is 2.36. The lowest BCUT2D eigenvalue weighted by molar-refractivity contribution is -0.119. The number of carbonyl (C=O) groups is 1. The highest BCUT2D eigenvalue weighted by Gasteiger charge is 2.40. The van der Waals surface area contributed by atoms with Crippen molar-refractivity contribution in [2.75, 3.05) is 50.2 Å². The number of fused-ring (bicyclic) bond motifs is 2. The molecule has 2 saturated heterocycles. The van der Waals surface area contributed by atoms with Crippen LogP contribution in [-0.2, 0) is 37.4 Å². The van der Waals surface area contributed by atoms with Crippen LogP contribution in [0.3, 0.4) is 0 Å². The van der Waals surface area contributed by atoms with Crippen LogP contribution in [0.5, 0.6) is 0 Å². The van der Waals surface area contributed by atoms with Crippen molar-refractivity contribution in [2.45, 2.75) is 50.9 Å². The van der Waals surface area contributed by atoms with Crippen molar-refractivity contribution in [2.24, 2.45) is 0 Å². The standard InChI is InChI=1S/C28H33N5O5/c1-28(2)24-22(31-27(28)35)12-17(14-29-24)6-8-33-25(23-7-10-38-23)30-21-13-18(4-5-20(21)26(33)34)32-9-11-37-19(15-32)16-36-3/h4-5,12-14,19,23H,6-11,15-16H2,1-3H3,(H,31,35)/t19-,23-/m1/s1. The lowest BCUT2D eigenvalue weighted by Gasteiger charge is -2.34. The zero-order valence-corrected chi connectivity index (χ0v) is 22.0. The number of aromatic nitrogens is 3. The second kappa shape index (κ2) is 9.76. The Morgan fingerprint density at radius 2 is 2.03 bits per heavy atom. The third-order valence-electron chi connectivity index (χ3n) is 7.79. The van der Waals surface area contributed by atoms with Gasteiger partial charge >= 0.3 is 0 Å². The molecule has 0 bridgehead atoms. The maximum absolute atomic E-state index is 13.7. The van der Waals surface area contributed by atoms with E-state index in [1.165, 1.54) is 0 Å². The summed E-state index contributed by atoms with van der Waals surface area (Å²) < 4.78 is 18.6. The number of nitrogens with one attached hydrogen (secondary N) is 1. The molecule has 10 nitrogen and oxygen atoms in total. The van der Waals surface area contributed by atoms with Gasteiger partial charge in [-0.2, -0.15) is 0 Å². The van der Waals surface area contributed by atoms with Gasteiger partial charge in [0, 0.05) is 45.0 Å². The van der Waals surface area contributed by atoms with Crippen molar-refractivity contribution in [3.8, 4) is 0 Å². The van der Waals surface area contributed by atoms with E-state index in [0.717, 1.165) is 42.1 Å². The molecular weight excluding hydrogens is 486 g/mol. The molecule has 1 aromatic carbocycles. The summed E-state index contributed by atoms with van der Waals surface area (Å²) in [7, 11) is 1.68. The van der Waals surface area contributed by atoms with Crippen molar-refractivity contribution >= 4 is 28.2 Å². The Labute approximate surface area is 220 Å². The molecule has 0 unspecified atom stereocenters. The van der Waals surface area contributed by atoms with Crippen molar-refractivity contribution in [3.63, 3.8) is 0 Å². The number of benzene rings is 1. The molecule has 38 heavy (non-hydrogen) atoms. The van der Waals surface area contributed by atoms with E-state index in [1.807, 2.05) is 38.1 Å². The molecule has 2 aromatic heterocycles. The molecule has 0 spiro atoms. The number of ether oxygens (including phenoxy) is 3. The summed E-state index contributed by atoms with van der Waals surface area (Å²) in [5.41, 5.74) is 3.41. The smallest absolute Gasteiger partial charge is 0.261 e. The SMILES string of the molecule is COC[C@H]1CN(c2ccc3c(=O)n(CCc4cnc5c(c4)NC(=O)C5(C)C)c([C@H]4CCO4)nc3c2)CCO1. The van der Waals surface area contributed by atoms with Crippen LogP contribution in [0.4, 0.5) is 11.4 Å². The Bertz CT molecular complexity index is 1450. The first kappa shape index (κ1) is 25.0. The lowest BCUT2D eigenvalue weighted by atomic mass is 9.90. The number of carbonyl (C=O) groups excluding carboxylic acids is 1. The molecule has 3 aliphatic rings. The van der Waals surface area contributed by atoms with Crippen LogP contribution in [0.15, 0.2) is 35.3 Å². The average molecular weight is 520 g/mol. The fourth-order valence-corrected chi connectivity index (χ4v) is 5.43. The molecule has 5 heterocycles. The van der Waals surface area contributed by atoms with E-state index >= 15 is 0 Å². The highest BCUT2D eigenvalue weighted by molar-refractivity contribution is 6.04. The minimum Gasteiger partial charge on any atom is -0.382 e. The molecule has 0 aliphatic carbocycles. The summed E-state index contributed by atoms with van der Waals surface area (Å²) in [5, 5.41) is 3.51. The summed E-state index contributed by atoms with van der Waals surface area (Å²) >= 11 is 0. The van der Waals surface area contributed by atoms with E-state index in [2.05, 4.69) is 15.2 Å². The van der Waals surface area contributed by atoms with Crippen molar-refractivity contribution in [1.29, 1.82) is 0 Å². The van der Waals surface area contributed by atoms with Crippen LogP contribution in [-0.4, -0.2) is 66.6 Å². The van der Waals surface area contributed by atoms with E-state index in [-0.39, 0.29) is 23.7 Å². The summed E-state index contributed by atoms with van der Waals surface area (Å²) in [6, 6.07) is 7.81. The number of morpholine rings is 1. The van der Waals surface area contributed by atoms with Gasteiger partial charge in [-0.1, -0.05) is 0 Å². The maximum atomic E-state index is 13.7. The van der Waals surface area contributed by atoms with Crippen LogP contribution < -0.4 is 15.8 Å². The first-order valence-electron chi connectivity index (χ1n) is 13.2. The molecule has 3 aliphatic heterocycles. The zero-order chi connectivity index (χ0) is 26.4. The van der Waals surface area contributed by atoms with Gasteiger partial charge in [-0.3, -0.25) is 19.1 Å². The predicted octanol–water partition coefficient (Wildman–Crippen LogP) is 2.58. The molecule has 0 radical (unpaired) electrons. The Morgan fingerprint density at radius 3 is 2.79 bits per heavy atom. The number of hydrogen-bond acceptors (Lipinski definition) is 8. The maximum Gasteiger partial charge on any atom is 0.261 e. The second-order valence-electron chi connectivity index (χ2n) is 10.7. The Morgan fingerprint density at radius 1 is 1.18 bits per heavy atom. The van der Waals surface area contributed by atoms with Gasteiger partial charge in [0.15, 0.2) is 0 Å². The fourth-order valence-electron chi connectivity index (χ4n) is 5.43. The number of aryl methyl sites for hydroxylation is 1. The van der Waals surface area contributed by atoms with E-state index < -0.39 is 5.41 Å². The molecule has 1 amide bonds. The van der Waals surface area contributed by atoms with Crippen LogP contribution in [0, 0.1) is 0 Å². The van der Waals surface area contributed by atoms with Crippen LogP contribution in [0.1, 0.15) is 43.5 Å². The number of rotatable bonds is 7. The summed E-state index contributed by atoms with van der Waals surface area (Å²) in [6.07, 6.45) is 3.03. The molecule has 3 aromatic rings. The zero-order valence-electron chi connectivity index (χ0n) is 22.0. The Kier molecular flexibility index (Phi) is 6.41. The Hall–Kier alpha value is -3.34. The first-order chi connectivity index (χ1) is 18.3. The van der Waals surface area contributed by atoms with Gasteiger partial charge in [0.2, 0.25) is 5.91 Å². The molecule has 2 atom stereocenters. The lowest BCUT2D eigenvalue weighted by Crippen LogP contribution is -2.44. The van der Waals surface area contributed by atoms with Crippen molar-refractivity contribution in [3.05, 3.63) is 57.9 Å². The van der Waals surface area contributed by atoms with Crippen LogP contribution >= 0.6 is 0 Å². The number of anilines is 2. The molecule has 0 saturated carbocycles. The topological polar surface area (TPSA) is 108 Å². The van der Waals surface area contributed by atoms with E-state index in [1.54, 1.807) is 17.9 Å². The third kappa shape index (κ3) is 4.36. The molecule has 10 heteroatoms. The van der Waals surface area contributed by atoms with Crippen LogP contribution in [0.25, 0.3) is 10.9 Å². The predicted molar refractivity (Wildman–Crippen MR) is 143 cm³/mol. The average Bonchev–Trinajstić information content (AvgIpc) is 3.10. The van der Waals surface area contributed by atoms with Crippen molar-refractivity contribution < 1.29 is 19.0 Å². The minimum absolute atomic E-state index is 0.0115. The van der Waals surface area contributed by atoms with E-state index in [9.17, 15) is 9.59 Å². The molecule has 6 rings (SSSR count). The van der Waals surface area contributed by atoms with Gasteiger partial charge in [0.05, 0.1) is 53.6 Å². The normalized spacial score (nSPS) is 22.3. The summed E-state index contributed by atoms with van der Waals surface area (Å²) in [6.45, 7) is 7.51. The monoisotopic (exact) mass is 519 g/mol. The van der Waals surface area contributed by atoms with Gasteiger partial charge in [-0.15, -0.1) is 0 Å². The first-order valence-corrected chi connectivity index (χ1v) is 13.2. The number of nitrogens with zero attached hydrogens (tertiary/aromatic N) is 4. The quantitative estimate of drug-likeness (QED) is 0.508. The van der Waals surface area contributed by atoms with Gasteiger partial charge in [-0.05, 0) is 50.1 Å². The third-order valence-corrected chi connectivity index (χ3v) is 7.79. The summed E-state index contributed by atoms with van der Waals surface area (Å²) in [5.74, 6) is 0.607. The van der Waals surface area contributed by atoms with E-state index in [4.69, 9.17) is 19.2 Å². The number of amides is 1. The van der Waals surface area contributed by atoms with Gasteiger partial charge < -0.3 is 24.4 Å². The van der Waals surface area contributed by atoms with Gasteiger partial charge in [-0.25, -0.2) is 4.98 Å². The van der Waals surface area contributed by atoms with Gasteiger partial charge in [0.25, 0.3) is 5.56 Å². The Balaban J connectivity index is 1.29. The van der Waals surface area contributed by atoms with E-state index in [0.29, 0.717) is 49.5 Å². The number of pyridine rings is 1. The fraction of sp³-hybridized carbons (Fsp3) is 0.500. The second-order valence-corrected chi connectivity index (χ2v) is 10.7. The number of methoxy groups -OCH3 is 1. The number of hydrogen-bond donors (Lipinski definition) is 1.